The van der Waals surface area contributed by atoms with Gasteiger partial charge in [0.25, 0.3) is 11.8 Å². The standard InChI is InChI=1S/C20H24N2O2/c1-4-5-13-21-19(23)16-9-11-17(12-10-16)20(24)22-18-14(2)7-6-8-15(18)3/h6-12H,4-5,13H2,1-3H3,(H,21,23)(H,22,24). The van der Waals surface area contributed by atoms with Gasteiger partial charge in [0, 0.05) is 23.4 Å². The Balaban J connectivity index is 2.05. The second kappa shape index (κ2) is 8.29. The SMILES string of the molecule is CCCCNC(=O)c1ccc(C(=O)Nc2c(C)cccc2C)cc1. The average Bonchev–Trinajstić information content (AvgIpc) is 2.58. The van der Waals surface area contributed by atoms with Gasteiger partial charge in [-0.15, -0.1) is 0 Å². The van der Waals surface area contributed by atoms with Crippen molar-refractivity contribution in [1.29, 1.82) is 0 Å². The van der Waals surface area contributed by atoms with Crippen LogP contribution in [-0.4, -0.2) is 18.4 Å². The van der Waals surface area contributed by atoms with Gasteiger partial charge in [0.2, 0.25) is 0 Å². The molecule has 0 saturated carbocycles. The normalized spacial score (nSPS) is 10.3. The summed E-state index contributed by atoms with van der Waals surface area (Å²) in [6.45, 7) is 6.68. The Morgan fingerprint density at radius 3 is 1.96 bits per heavy atom. The Kier molecular flexibility index (Phi) is 6.13. The van der Waals surface area contributed by atoms with Crippen molar-refractivity contribution in [3.8, 4) is 0 Å². The molecule has 0 saturated heterocycles. The van der Waals surface area contributed by atoms with Crippen LogP contribution in [0, 0.1) is 13.8 Å². The zero-order chi connectivity index (χ0) is 17.5. The third kappa shape index (κ3) is 4.44. The average molecular weight is 324 g/mol. The van der Waals surface area contributed by atoms with E-state index in [-0.39, 0.29) is 11.8 Å². The van der Waals surface area contributed by atoms with Crippen LogP contribution < -0.4 is 10.6 Å². The van der Waals surface area contributed by atoms with Gasteiger partial charge in [-0.2, -0.15) is 0 Å². The number of para-hydroxylation sites is 1. The monoisotopic (exact) mass is 324 g/mol. The number of aryl methyl sites for hydroxylation is 2. The highest BCUT2D eigenvalue weighted by Gasteiger charge is 2.11. The van der Waals surface area contributed by atoms with Gasteiger partial charge in [-0.3, -0.25) is 9.59 Å². The molecule has 4 heteroatoms. The molecule has 126 valence electrons. The molecule has 0 aromatic heterocycles. The van der Waals surface area contributed by atoms with Crippen LogP contribution in [-0.2, 0) is 0 Å². The lowest BCUT2D eigenvalue weighted by Gasteiger charge is -2.11. The number of benzene rings is 2. The minimum atomic E-state index is -0.176. The lowest BCUT2D eigenvalue weighted by atomic mass is 10.1. The topological polar surface area (TPSA) is 58.2 Å². The van der Waals surface area contributed by atoms with Gasteiger partial charge in [-0.05, 0) is 55.7 Å². The third-order valence-corrected chi connectivity index (χ3v) is 3.94. The molecule has 0 fully saturated rings. The van der Waals surface area contributed by atoms with Gasteiger partial charge >= 0.3 is 0 Å². The van der Waals surface area contributed by atoms with E-state index < -0.39 is 0 Å². The number of hydrogen-bond acceptors (Lipinski definition) is 2. The Labute approximate surface area is 143 Å². The van der Waals surface area contributed by atoms with E-state index in [0.29, 0.717) is 17.7 Å². The van der Waals surface area contributed by atoms with Gasteiger partial charge in [0.15, 0.2) is 0 Å². The molecule has 0 aliphatic heterocycles. The smallest absolute Gasteiger partial charge is 0.255 e. The molecule has 2 aromatic carbocycles. The molecule has 0 radical (unpaired) electrons. The predicted molar refractivity (Wildman–Crippen MR) is 97.6 cm³/mol. The summed E-state index contributed by atoms with van der Waals surface area (Å²) in [4.78, 5) is 24.4. The van der Waals surface area contributed by atoms with E-state index in [0.717, 1.165) is 29.7 Å². The van der Waals surface area contributed by atoms with Crippen LogP contribution in [0.4, 0.5) is 5.69 Å². The van der Waals surface area contributed by atoms with Crippen molar-refractivity contribution in [1.82, 2.24) is 5.32 Å². The Hall–Kier alpha value is -2.62. The fourth-order valence-corrected chi connectivity index (χ4v) is 2.45. The van der Waals surface area contributed by atoms with Crippen molar-refractivity contribution in [3.05, 3.63) is 64.7 Å². The van der Waals surface area contributed by atoms with Crippen molar-refractivity contribution in [2.75, 3.05) is 11.9 Å². The minimum Gasteiger partial charge on any atom is -0.352 e. The quantitative estimate of drug-likeness (QED) is 0.786. The fraction of sp³-hybridized carbons (Fsp3) is 0.300. The fourth-order valence-electron chi connectivity index (χ4n) is 2.45. The Morgan fingerprint density at radius 1 is 0.875 bits per heavy atom. The van der Waals surface area contributed by atoms with Crippen LogP contribution in [0.5, 0.6) is 0 Å². The van der Waals surface area contributed by atoms with Crippen LogP contribution in [0.2, 0.25) is 0 Å². The second-order valence-corrected chi connectivity index (χ2v) is 5.91. The Morgan fingerprint density at radius 2 is 1.42 bits per heavy atom. The Bertz CT molecular complexity index is 701. The molecule has 2 amide bonds. The van der Waals surface area contributed by atoms with Crippen LogP contribution >= 0.6 is 0 Å². The van der Waals surface area contributed by atoms with E-state index in [1.807, 2.05) is 32.0 Å². The van der Waals surface area contributed by atoms with Gasteiger partial charge < -0.3 is 10.6 Å². The summed E-state index contributed by atoms with van der Waals surface area (Å²) in [5.41, 5.74) is 3.98. The van der Waals surface area contributed by atoms with E-state index in [9.17, 15) is 9.59 Å². The molecule has 0 atom stereocenters. The number of carbonyl (C=O) groups is 2. The van der Waals surface area contributed by atoms with E-state index in [4.69, 9.17) is 0 Å². The molecule has 2 rings (SSSR count). The summed E-state index contributed by atoms with van der Waals surface area (Å²) in [5, 5.41) is 5.81. The number of hydrogen-bond donors (Lipinski definition) is 2. The molecule has 2 N–H and O–H groups in total. The van der Waals surface area contributed by atoms with Gasteiger partial charge in [-0.1, -0.05) is 31.5 Å². The largest absolute Gasteiger partial charge is 0.352 e. The number of amides is 2. The van der Waals surface area contributed by atoms with Crippen LogP contribution in [0.15, 0.2) is 42.5 Å². The van der Waals surface area contributed by atoms with Crippen LogP contribution in [0.3, 0.4) is 0 Å². The van der Waals surface area contributed by atoms with Crippen molar-refractivity contribution in [2.45, 2.75) is 33.6 Å². The molecule has 4 nitrogen and oxygen atoms in total. The molecule has 0 heterocycles. The molecule has 0 spiro atoms. The van der Waals surface area contributed by atoms with Gasteiger partial charge in [-0.25, -0.2) is 0 Å². The summed E-state index contributed by atoms with van der Waals surface area (Å²) >= 11 is 0. The first-order chi connectivity index (χ1) is 11.5. The maximum atomic E-state index is 12.4. The lowest BCUT2D eigenvalue weighted by Crippen LogP contribution is -2.24. The molecule has 0 unspecified atom stereocenters. The first kappa shape index (κ1) is 17.7. The summed E-state index contributed by atoms with van der Waals surface area (Å²) in [5.74, 6) is -0.282. The highest BCUT2D eigenvalue weighted by atomic mass is 16.2. The number of unbranched alkanes of at least 4 members (excludes halogenated alkanes) is 1. The number of nitrogens with one attached hydrogen (secondary N) is 2. The highest BCUT2D eigenvalue weighted by molar-refractivity contribution is 6.05. The van der Waals surface area contributed by atoms with E-state index in [2.05, 4.69) is 17.6 Å². The first-order valence-corrected chi connectivity index (χ1v) is 8.28. The second-order valence-electron chi connectivity index (χ2n) is 5.91. The zero-order valence-electron chi connectivity index (χ0n) is 14.5. The van der Waals surface area contributed by atoms with Gasteiger partial charge in [0.1, 0.15) is 0 Å². The molecular formula is C20H24N2O2. The molecule has 24 heavy (non-hydrogen) atoms. The van der Waals surface area contributed by atoms with Crippen molar-refractivity contribution in [2.24, 2.45) is 0 Å². The van der Waals surface area contributed by atoms with E-state index >= 15 is 0 Å². The maximum absolute atomic E-state index is 12.4. The molecular weight excluding hydrogens is 300 g/mol. The first-order valence-electron chi connectivity index (χ1n) is 8.28. The lowest BCUT2D eigenvalue weighted by molar-refractivity contribution is 0.0951. The minimum absolute atomic E-state index is 0.106. The summed E-state index contributed by atoms with van der Waals surface area (Å²) in [6.07, 6.45) is 2.00. The van der Waals surface area contributed by atoms with Gasteiger partial charge in [0.05, 0.1) is 0 Å². The predicted octanol–water partition coefficient (Wildman–Crippen LogP) is 4.09. The van der Waals surface area contributed by atoms with Crippen molar-refractivity contribution >= 4 is 17.5 Å². The molecule has 0 aliphatic carbocycles. The van der Waals surface area contributed by atoms with Crippen molar-refractivity contribution in [3.63, 3.8) is 0 Å². The molecule has 0 aliphatic rings. The summed E-state index contributed by atoms with van der Waals surface area (Å²) in [7, 11) is 0. The van der Waals surface area contributed by atoms with E-state index in [1.54, 1.807) is 24.3 Å². The van der Waals surface area contributed by atoms with Crippen LogP contribution in [0.1, 0.15) is 51.6 Å². The maximum Gasteiger partial charge on any atom is 0.255 e. The number of anilines is 1. The molecule has 2 aromatic rings. The summed E-state index contributed by atoms with van der Waals surface area (Å²) in [6, 6.07) is 12.6. The number of carbonyl (C=O) groups excluding carboxylic acids is 2. The highest BCUT2D eigenvalue weighted by Crippen LogP contribution is 2.20. The number of rotatable bonds is 6. The van der Waals surface area contributed by atoms with Crippen LogP contribution in [0.25, 0.3) is 0 Å². The molecule has 0 bridgehead atoms. The summed E-state index contributed by atoms with van der Waals surface area (Å²) < 4.78 is 0. The zero-order valence-corrected chi connectivity index (χ0v) is 14.5. The van der Waals surface area contributed by atoms with E-state index in [1.165, 1.54) is 0 Å². The third-order valence-electron chi connectivity index (χ3n) is 3.94. The van der Waals surface area contributed by atoms with Crippen molar-refractivity contribution < 1.29 is 9.59 Å².